The second kappa shape index (κ2) is 5.99. The number of hydrogen-bond acceptors (Lipinski definition) is 4. The normalized spacial score (nSPS) is 17.4. The second-order valence-corrected chi connectivity index (χ2v) is 5.41. The van der Waals surface area contributed by atoms with Crippen LogP contribution in [0.5, 0.6) is 0 Å². The molecule has 1 N–H and O–H groups in total. The molecule has 1 unspecified atom stereocenters. The Morgan fingerprint density at radius 2 is 2.08 bits per heavy atom. The fourth-order valence-electron chi connectivity index (χ4n) is 2.44. The minimum atomic E-state index is -1.67. The van der Waals surface area contributed by atoms with Crippen molar-refractivity contribution in [2.75, 3.05) is 16.8 Å². The van der Waals surface area contributed by atoms with Gasteiger partial charge in [-0.15, -0.1) is 0 Å². The molecule has 1 aliphatic rings. The highest BCUT2D eigenvalue weighted by atomic mass is 19.2. The molecule has 2 aromatic rings. The molecule has 0 saturated carbocycles. The summed E-state index contributed by atoms with van der Waals surface area (Å²) in [4.78, 5) is 25.5. The fraction of sp³-hybridized carbons (Fsp3) is 0.267. The van der Waals surface area contributed by atoms with Gasteiger partial charge in [-0.25, -0.2) is 13.2 Å². The first-order chi connectivity index (χ1) is 11.4. The Kier molecular flexibility index (Phi) is 4.00. The van der Waals surface area contributed by atoms with E-state index in [2.05, 4.69) is 10.5 Å². The van der Waals surface area contributed by atoms with E-state index >= 15 is 0 Å². The summed E-state index contributed by atoms with van der Waals surface area (Å²) in [5.41, 5.74) is -0.484. The molecule has 1 aliphatic heterocycles. The molecule has 3 rings (SSSR count). The third kappa shape index (κ3) is 2.84. The summed E-state index contributed by atoms with van der Waals surface area (Å²) < 4.78 is 44.6. The van der Waals surface area contributed by atoms with Crippen LogP contribution in [0.25, 0.3) is 0 Å². The number of benzene rings is 1. The predicted molar refractivity (Wildman–Crippen MR) is 76.6 cm³/mol. The molecule has 2 amide bonds. The topological polar surface area (TPSA) is 75.4 Å². The quantitative estimate of drug-likeness (QED) is 0.872. The fourth-order valence-corrected chi connectivity index (χ4v) is 2.44. The SMILES string of the molecule is Cc1cc(N2CC(C(=O)Nc3ccc(F)c(F)c3F)CC2=O)no1. The van der Waals surface area contributed by atoms with E-state index in [0.29, 0.717) is 11.8 Å². The molecular formula is C15H12F3N3O3. The van der Waals surface area contributed by atoms with Crippen LogP contribution < -0.4 is 10.2 Å². The maximum Gasteiger partial charge on any atom is 0.229 e. The lowest BCUT2D eigenvalue weighted by Crippen LogP contribution is -2.28. The average Bonchev–Trinajstić information content (AvgIpc) is 3.13. The van der Waals surface area contributed by atoms with Crippen molar-refractivity contribution in [3.05, 3.63) is 41.4 Å². The van der Waals surface area contributed by atoms with E-state index in [1.165, 1.54) is 4.90 Å². The largest absolute Gasteiger partial charge is 0.360 e. The van der Waals surface area contributed by atoms with Gasteiger partial charge in [-0.05, 0) is 19.1 Å². The van der Waals surface area contributed by atoms with Gasteiger partial charge in [0.15, 0.2) is 23.3 Å². The zero-order valence-corrected chi connectivity index (χ0v) is 12.5. The predicted octanol–water partition coefficient (Wildman–Crippen LogP) is 2.39. The van der Waals surface area contributed by atoms with Crippen molar-refractivity contribution in [2.24, 2.45) is 5.92 Å². The van der Waals surface area contributed by atoms with Crippen molar-refractivity contribution in [2.45, 2.75) is 13.3 Å². The van der Waals surface area contributed by atoms with Crippen LogP contribution in [-0.4, -0.2) is 23.5 Å². The molecule has 2 heterocycles. The van der Waals surface area contributed by atoms with E-state index in [1.54, 1.807) is 13.0 Å². The lowest BCUT2D eigenvalue weighted by molar-refractivity contribution is -0.122. The van der Waals surface area contributed by atoms with Gasteiger partial charge >= 0.3 is 0 Å². The van der Waals surface area contributed by atoms with Crippen LogP contribution in [-0.2, 0) is 9.59 Å². The lowest BCUT2D eigenvalue weighted by atomic mass is 10.1. The molecular weight excluding hydrogens is 327 g/mol. The third-order valence-electron chi connectivity index (χ3n) is 3.68. The molecule has 1 atom stereocenters. The molecule has 0 aliphatic carbocycles. The number of aryl methyl sites for hydroxylation is 1. The number of hydrogen-bond donors (Lipinski definition) is 1. The number of carbonyl (C=O) groups excluding carboxylic acids is 2. The zero-order chi connectivity index (χ0) is 17.4. The number of carbonyl (C=O) groups is 2. The Bertz CT molecular complexity index is 822. The minimum Gasteiger partial charge on any atom is -0.360 e. The van der Waals surface area contributed by atoms with Gasteiger partial charge in [0, 0.05) is 19.0 Å². The minimum absolute atomic E-state index is 0.0297. The summed E-state index contributed by atoms with van der Waals surface area (Å²) >= 11 is 0. The first-order valence-electron chi connectivity index (χ1n) is 7.05. The van der Waals surface area contributed by atoms with Crippen LogP contribution in [0.2, 0.25) is 0 Å². The third-order valence-corrected chi connectivity index (χ3v) is 3.68. The van der Waals surface area contributed by atoms with Gasteiger partial charge in [0.2, 0.25) is 11.8 Å². The Labute approximate surface area is 134 Å². The maximum atomic E-state index is 13.6. The standard InChI is InChI=1S/C15H12F3N3O3/c1-7-4-11(20-24-7)21-6-8(5-12(21)22)15(23)19-10-3-2-9(16)13(17)14(10)18/h2-4,8H,5-6H2,1H3,(H,19,23). The molecule has 6 nitrogen and oxygen atoms in total. The number of nitrogens with one attached hydrogen (secondary N) is 1. The summed E-state index contributed by atoms with van der Waals surface area (Å²) in [7, 11) is 0. The molecule has 0 spiro atoms. The van der Waals surface area contributed by atoms with Gasteiger partial charge in [0.25, 0.3) is 0 Å². The van der Waals surface area contributed by atoms with E-state index in [4.69, 9.17) is 4.52 Å². The number of anilines is 2. The molecule has 0 radical (unpaired) electrons. The molecule has 1 aromatic carbocycles. The number of rotatable bonds is 3. The van der Waals surface area contributed by atoms with Crippen molar-refractivity contribution < 1.29 is 27.3 Å². The van der Waals surface area contributed by atoms with E-state index < -0.39 is 35.0 Å². The summed E-state index contributed by atoms with van der Waals surface area (Å²) in [6.07, 6.45) is -0.108. The van der Waals surface area contributed by atoms with Gasteiger partial charge in [0.05, 0.1) is 11.6 Å². The molecule has 9 heteroatoms. The lowest BCUT2D eigenvalue weighted by Gasteiger charge is -2.13. The van der Waals surface area contributed by atoms with Crippen LogP contribution in [0.3, 0.4) is 0 Å². The van der Waals surface area contributed by atoms with E-state index in [0.717, 1.165) is 6.07 Å². The number of halogens is 3. The van der Waals surface area contributed by atoms with Gasteiger partial charge in [-0.2, -0.15) is 0 Å². The average molecular weight is 339 g/mol. The number of amides is 2. The van der Waals surface area contributed by atoms with Crippen molar-refractivity contribution in [1.29, 1.82) is 0 Å². The molecule has 1 fully saturated rings. The Morgan fingerprint density at radius 3 is 2.75 bits per heavy atom. The molecule has 24 heavy (non-hydrogen) atoms. The monoisotopic (exact) mass is 339 g/mol. The Hall–Kier alpha value is -2.84. The Morgan fingerprint density at radius 1 is 1.33 bits per heavy atom. The summed E-state index contributed by atoms with van der Waals surface area (Å²) in [5, 5.41) is 5.88. The molecule has 0 bridgehead atoms. The molecule has 1 saturated heterocycles. The molecule has 126 valence electrons. The van der Waals surface area contributed by atoms with Crippen molar-refractivity contribution in [1.82, 2.24) is 5.16 Å². The van der Waals surface area contributed by atoms with E-state index in [9.17, 15) is 22.8 Å². The summed E-state index contributed by atoms with van der Waals surface area (Å²) in [5.74, 6) is -5.51. The van der Waals surface area contributed by atoms with Crippen LogP contribution in [0.1, 0.15) is 12.2 Å². The Balaban J connectivity index is 1.73. The summed E-state index contributed by atoms with van der Waals surface area (Å²) in [6.45, 7) is 1.69. The highest BCUT2D eigenvalue weighted by molar-refractivity contribution is 6.03. The first kappa shape index (κ1) is 16.0. The highest BCUT2D eigenvalue weighted by Gasteiger charge is 2.36. The highest BCUT2D eigenvalue weighted by Crippen LogP contribution is 2.26. The van der Waals surface area contributed by atoms with Crippen LogP contribution in [0.4, 0.5) is 24.7 Å². The van der Waals surface area contributed by atoms with Gasteiger partial charge < -0.3 is 9.84 Å². The van der Waals surface area contributed by atoms with Gasteiger partial charge in [-0.3, -0.25) is 14.5 Å². The van der Waals surface area contributed by atoms with Crippen molar-refractivity contribution in [3.63, 3.8) is 0 Å². The maximum absolute atomic E-state index is 13.6. The van der Waals surface area contributed by atoms with Gasteiger partial charge in [0.1, 0.15) is 5.76 Å². The van der Waals surface area contributed by atoms with Crippen LogP contribution in [0, 0.1) is 30.3 Å². The van der Waals surface area contributed by atoms with Crippen molar-refractivity contribution in [3.8, 4) is 0 Å². The van der Waals surface area contributed by atoms with E-state index in [-0.39, 0.29) is 24.7 Å². The van der Waals surface area contributed by atoms with Gasteiger partial charge in [-0.1, -0.05) is 5.16 Å². The zero-order valence-electron chi connectivity index (χ0n) is 12.5. The molecule has 1 aromatic heterocycles. The first-order valence-corrected chi connectivity index (χ1v) is 7.05. The smallest absolute Gasteiger partial charge is 0.229 e. The van der Waals surface area contributed by atoms with Crippen molar-refractivity contribution >= 4 is 23.3 Å². The van der Waals surface area contributed by atoms with Crippen LogP contribution in [0.15, 0.2) is 22.7 Å². The van der Waals surface area contributed by atoms with Crippen LogP contribution >= 0.6 is 0 Å². The number of nitrogens with zero attached hydrogens (tertiary/aromatic N) is 2. The number of aromatic nitrogens is 1. The summed E-state index contributed by atoms with van der Waals surface area (Å²) in [6, 6.07) is 3.17. The second-order valence-electron chi connectivity index (χ2n) is 5.41. The van der Waals surface area contributed by atoms with E-state index in [1.807, 2.05) is 0 Å².